The number of carbonyl (C=O) groups excluding carboxylic acids is 1. The molecule has 0 unspecified atom stereocenters. The molecule has 3 aromatic rings. The molecule has 2 aliphatic heterocycles. The van der Waals surface area contributed by atoms with Gasteiger partial charge in [-0.25, -0.2) is 13.4 Å². The number of hydrogen-bond acceptors (Lipinski definition) is 9. The zero-order valence-corrected chi connectivity index (χ0v) is 24.3. The summed E-state index contributed by atoms with van der Waals surface area (Å²) in [5, 5.41) is 0.568. The molecule has 0 aliphatic carbocycles. The lowest BCUT2D eigenvalue weighted by molar-refractivity contribution is -0.0440. The molecule has 2 atom stereocenters. The number of nitrogens with zero attached hydrogens (tertiary/aromatic N) is 4. The van der Waals surface area contributed by atoms with Gasteiger partial charge in [-0.3, -0.25) is 9.69 Å². The minimum Gasteiger partial charge on any atom is -0.454 e. The number of likely N-dealkylation sites (N-methyl/N-ethyl adjacent to an activating group) is 1. The second-order valence-corrected chi connectivity index (χ2v) is 12.7. The van der Waals surface area contributed by atoms with Gasteiger partial charge in [-0.2, -0.15) is 4.31 Å². The number of fused-ring (bicyclic) bond motifs is 2. The molecule has 1 amide bonds. The van der Waals surface area contributed by atoms with Gasteiger partial charge in [-0.1, -0.05) is 25.2 Å². The Morgan fingerprint density at radius 1 is 1.03 bits per heavy atom. The third-order valence-electron chi connectivity index (χ3n) is 7.01. The van der Waals surface area contributed by atoms with Gasteiger partial charge in [0.25, 0.3) is 5.91 Å². The zero-order valence-electron chi connectivity index (χ0n) is 22.6. The quantitative estimate of drug-likeness (QED) is 0.380. The number of ether oxygens (including phenoxy) is 3. The topological polar surface area (TPSA) is 102 Å². The molecule has 0 N–H and O–H groups in total. The molecule has 210 valence electrons. The summed E-state index contributed by atoms with van der Waals surface area (Å²) in [7, 11) is -3.71. The van der Waals surface area contributed by atoms with Crippen LogP contribution in [0.3, 0.4) is 0 Å². The molecule has 10 nitrogen and oxygen atoms in total. The number of hydrogen-bond donors (Lipinski definition) is 0. The summed E-state index contributed by atoms with van der Waals surface area (Å²) in [4.78, 5) is 22.6. The molecule has 12 heteroatoms. The monoisotopic (exact) mass is 574 g/mol. The van der Waals surface area contributed by atoms with Crippen molar-refractivity contribution in [1.82, 2.24) is 14.2 Å². The van der Waals surface area contributed by atoms with Crippen LogP contribution in [0.2, 0.25) is 0 Å². The number of thiazole rings is 1. The number of anilines is 1. The van der Waals surface area contributed by atoms with Crippen LogP contribution in [-0.4, -0.2) is 86.8 Å². The minimum absolute atomic E-state index is 0.157. The first-order valence-corrected chi connectivity index (χ1v) is 15.4. The minimum atomic E-state index is -3.71. The first-order chi connectivity index (χ1) is 18.7. The van der Waals surface area contributed by atoms with Crippen molar-refractivity contribution in [2.45, 2.75) is 44.8 Å². The number of morpholine rings is 1. The van der Waals surface area contributed by atoms with Crippen LogP contribution in [-0.2, 0) is 14.8 Å². The van der Waals surface area contributed by atoms with E-state index < -0.39 is 10.0 Å². The first-order valence-electron chi connectivity index (χ1n) is 13.2. The van der Waals surface area contributed by atoms with Crippen LogP contribution in [0.1, 0.15) is 38.1 Å². The summed E-state index contributed by atoms with van der Waals surface area (Å²) in [5.41, 5.74) is 1.13. The molecule has 3 heterocycles. The molecule has 0 saturated carbocycles. The average molecular weight is 575 g/mol. The highest BCUT2D eigenvalue weighted by Crippen LogP contribution is 2.40. The van der Waals surface area contributed by atoms with Crippen LogP contribution in [0, 0.1) is 0 Å². The lowest BCUT2D eigenvalue weighted by Crippen LogP contribution is -2.48. The Bertz CT molecular complexity index is 1390. The van der Waals surface area contributed by atoms with Gasteiger partial charge in [0.1, 0.15) is 0 Å². The molecular weight excluding hydrogens is 540 g/mol. The Balaban J connectivity index is 1.42. The molecule has 5 rings (SSSR count). The number of sulfonamides is 1. The Kier molecular flexibility index (Phi) is 8.11. The fourth-order valence-electron chi connectivity index (χ4n) is 4.89. The highest BCUT2D eigenvalue weighted by molar-refractivity contribution is 7.89. The van der Waals surface area contributed by atoms with Crippen molar-refractivity contribution in [2.24, 2.45) is 0 Å². The van der Waals surface area contributed by atoms with Gasteiger partial charge in [0.2, 0.25) is 16.8 Å². The van der Waals surface area contributed by atoms with Crippen molar-refractivity contribution in [2.75, 3.05) is 51.0 Å². The number of rotatable bonds is 9. The molecule has 0 bridgehead atoms. The SMILES string of the molecule is CCN(CC)CCN(C(=O)c1ccc(S(=O)(=O)N2C[C@@H](C)O[C@H](C)C2)cc1)c1nc2cc3c(cc2s1)OCO3. The van der Waals surface area contributed by atoms with Crippen LogP contribution in [0.25, 0.3) is 10.2 Å². The highest BCUT2D eigenvalue weighted by atomic mass is 32.2. The van der Waals surface area contributed by atoms with Crippen molar-refractivity contribution >= 4 is 42.6 Å². The molecule has 2 aromatic carbocycles. The van der Waals surface area contributed by atoms with Crippen molar-refractivity contribution in [3.05, 3.63) is 42.0 Å². The molecule has 0 radical (unpaired) electrons. The summed E-state index contributed by atoms with van der Waals surface area (Å²) < 4.78 is 45.6. The molecule has 1 aromatic heterocycles. The van der Waals surface area contributed by atoms with E-state index >= 15 is 0 Å². The number of amides is 1. The maximum Gasteiger partial charge on any atom is 0.260 e. The fourth-order valence-corrected chi connectivity index (χ4v) is 7.48. The Labute approximate surface area is 233 Å². The smallest absolute Gasteiger partial charge is 0.260 e. The normalized spacial score (nSPS) is 19.6. The van der Waals surface area contributed by atoms with Gasteiger partial charge in [-0.15, -0.1) is 0 Å². The third-order valence-corrected chi connectivity index (χ3v) is 9.89. The van der Waals surface area contributed by atoms with E-state index in [1.807, 2.05) is 26.0 Å². The second kappa shape index (κ2) is 11.4. The predicted molar refractivity (Wildman–Crippen MR) is 150 cm³/mol. The molecule has 1 saturated heterocycles. The maximum atomic E-state index is 13.8. The lowest BCUT2D eigenvalue weighted by Gasteiger charge is -2.34. The highest BCUT2D eigenvalue weighted by Gasteiger charge is 2.32. The van der Waals surface area contributed by atoms with Gasteiger partial charge >= 0.3 is 0 Å². The molecular formula is C27H34N4O6S2. The van der Waals surface area contributed by atoms with Gasteiger partial charge in [0.15, 0.2) is 16.6 Å². The van der Waals surface area contributed by atoms with Crippen LogP contribution < -0.4 is 14.4 Å². The summed E-state index contributed by atoms with van der Waals surface area (Å²) in [6.07, 6.45) is -0.367. The van der Waals surface area contributed by atoms with E-state index in [-0.39, 0.29) is 29.8 Å². The van der Waals surface area contributed by atoms with E-state index in [9.17, 15) is 13.2 Å². The van der Waals surface area contributed by atoms with E-state index in [1.54, 1.807) is 17.0 Å². The first kappa shape index (κ1) is 27.8. The average Bonchev–Trinajstić information content (AvgIpc) is 3.55. The van der Waals surface area contributed by atoms with E-state index in [0.29, 0.717) is 48.4 Å². The molecule has 0 spiro atoms. The van der Waals surface area contributed by atoms with Crippen LogP contribution in [0.5, 0.6) is 11.5 Å². The van der Waals surface area contributed by atoms with E-state index in [4.69, 9.17) is 19.2 Å². The Morgan fingerprint density at radius 3 is 2.31 bits per heavy atom. The lowest BCUT2D eigenvalue weighted by atomic mass is 10.2. The molecule has 2 aliphatic rings. The Morgan fingerprint density at radius 2 is 1.67 bits per heavy atom. The van der Waals surface area contributed by atoms with Gasteiger partial charge in [0.05, 0.1) is 27.3 Å². The van der Waals surface area contributed by atoms with Crippen molar-refractivity contribution < 1.29 is 27.4 Å². The number of aromatic nitrogens is 1. The third kappa shape index (κ3) is 5.75. The predicted octanol–water partition coefficient (Wildman–Crippen LogP) is 3.81. The molecule has 1 fully saturated rings. The standard InChI is InChI=1S/C27H34N4O6S2/c1-5-29(6-2)11-12-31(27-28-22-13-23-24(36-17-35-23)14-25(22)38-27)26(32)20-7-9-21(10-8-20)39(33,34)30-15-18(3)37-19(4)16-30/h7-10,13-14,18-19H,5-6,11-12,15-17H2,1-4H3/t18-,19-/m1/s1. The largest absolute Gasteiger partial charge is 0.454 e. The Hall–Kier alpha value is -2.77. The van der Waals surface area contributed by atoms with Crippen molar-refractivity contribution in [3.8, 4) is 11.5 Å². The number of benzene rings is 2. The van der Waals surface area contributed by atoms with Gasteiger partial charge in [0, 0.05) is 43.9 Å². The van der Waals surface area contributed by atoms with Crippen LogP contribution in [0.4, 0.5) is 5.13 Å². The zero-order chi connectivity index (χ0) is 27.7. The van der Waals surface area contributed by atoms with Gasteiger partial charge in [-0.05, 0) is 51.2 Å². The van der Waals surface area contributed by atoms with Crippen LogP contribution >= 0.6 is 11.3 Å². The van der Waals surface area contributed by atoms with Crippen molar-refractivity contribution in [1.29, 1.82) is 0 Å². The van der Waals surface area contributed by atoms with E-state index in [0.717, 1.165) is 23.3 Å². The molecule has 39 heavy (non-hydrogen) atoms. The summed E-state index contributed by atoms with van der Waals surface area (Å²) >= 11 is 1.41. The van der Waals surface area contributed by atoms with E-state index in [1.165, 1.54) is 27.8 Å². The van der Waals surface area contributed by atoms with Crippen molar-refractivity contribution in [3.63, 3.8) is 0 Å². The maximum absolute atomic E-state index is 13.8. The van der Waals surface area contributed by atoms with Gasteiger partial charge < -0.3 is 19.1 Å². The number of carbonyl (C=O) groups is 1. The fraction of sp³-hybridized carbons (Fsp3) is 0.481. The second-order valence-electron chi connectivity index (χ2n) is 9.76. The van der Waals surface area contributed by atoms with Crippen LogP contribution in [0.15, 0.2) is 41.3 Å². The summed E-state index contributed by atoms with van der Waals surface area (Å²) in [6, 6.07) is 9.89. The summed E-state index contributed by atoms with van der Waals surface area (Å²) in [6.45, 7) is 11.5. The van der Waals surface area contributed by atoms with E-state index in [2.05, 4.69) is 18.7 Å². The summed E-state index contributed by atoms with van der Waals surface area (Å²) in [5.74, 6) is 1.07.